The van der Waals surface area contributed by atoms with Gasteiger partial charge < -0.3 is 14.5 Å². The highest BCUT2D eigenvalue weighted by Gasteiger charge is 2.19. The molecule has 2 rings (SSSR count). The Morgan fingerprint density at radius 1 is 1.22 bits per heavy atom. The standard InChI is InChI=1S/C15H21NO2/c1-9(2)14(16-4)12-8-11-6-10(3)7-13(17-5)15(11)18-12/h6-9,14,16H,1-5H3. The molecule has 0 radical (unpaired) electrons. The highest BCUT2D eigenvalue weighted by Crippen LogP contribution is 2.34. The molecule has 1 atom stereocenters. The van der Waals surface area contributed by atoms with E-state index < -0.39 is 0 Å². The molecule has 3 nitrogen and oxygen atoms in total. The summed E-state index contributed by atoms with van der Waals surface area (Å²) in [5.41, 5.74) is 2.01. The highest BCUT2D eigenvalue weighted by molar-refractivity contribution is 5.84. The monoisotopic (exact) mass is 247 g/mol. The quantitative estimate of drug-likeness (QED) is 0.895. The van der Waals surface area contributed by atoms with E-state index in [4.69, 9.17) is 9.15 Å². The van der Waals surface area contributed by atoms with E-state index in [1.165, 1.54) is 5.56 Å². The minimum atomic E-state index is 0.224. The first-order valence-electron chi connectivity index (χ1n) is 6.32. The molecule has 0 aliphatic carbocycles. The molecule has 1 unspecified atom stereocenters. The van der Waals surface area contributed by atoms with E-state index >= 15 is 0 Å². The van der Waals surface area contributed by atoms with Crippen LogP contribution in [0.2, 0.25) is 0 Å². The van der Waals surface area contributed by atoms with Crippen molar-refractivity contribution < 1.29 is 9.15 Å². The van der Waals surface area contributed by atoms with Crippen LogP contribution in [0.15, 0.2) is 22.6 Å². The van der Waals surface area contributed by atoms with Crippen molar-refractivity contribution in [3.8, 4) is 5.75 Å². The van der Waals surface area contributed by atoms with E-state index in [1.54, 1.807) is 7.11 Å². The normalized spacial score (nSPS) is 13.2. The maximum Gasteiger partial charge on any atom is 0.176 e. The van der Waals surface area contributed by atoms with Gasteiger partial charge in [0.1, 0.15) is 5.76 Å². The lowest BCUT2D eigenvalue weighted by molar-refractivity contribution is 0.362. The van der Waals surface area contributed by atoms with Gasteiger partial charge in [0.15, 0.2) is 11.3 Å². The summed E-state index contributed by atoms with van der Waals surface area (Å²) < 4.78 is 11.4. The zero-order chi connectivity index (χ0) is 13.3. The SMILES string of the molecule is CNC(c1cc2cc(C)cc(OC)c2o1)C(C)C. The average molecular weight is 247 g/mol. The molecule has 98 valence electrons. The first kappa shape index (κ1) is 13.0. The summed E-state index contributed by atoms with van der Waals surface area (Å²) in [4.78, 5) is 0. The molecule has 0 aliphatic rings. The second-order valence-corrected chi connectivity index (χ2v) is 5.04. The molecular weight excluding hydrogens is 226 g/mol. The number of nitrogens with one attached hydrogen (secondary N) is 1. The number of hydrogen-bond donors (Lipinski definition) is 1. The Hall–Kier alpha value is -1.48. The lowest BCUT2D eigenvalue weighted by Gasteiger charge is -2.17. The maximum atomic E-state index is 5.97. The summed E-state index contributed by atoms with van der Waals surface area (Å²) in [6.07, 6.45) is 0. The number of rotatable bonds is 4. The summed E-state index contributed by atoms with van der Waals surface area (Å²) >= 11 is 0. The van der Waals surface area contributed by atoms with Crippen LogP contribution in [0.5, 0.6) is 5.75 Å². The van der Waals surface area contributed by atoms with Crippen molar-refractivity contribution in [3.63, 3.8) is 0 Å². The van der Waals surface area contributed by atoms with Crippen molar-refractivity contribution in [2.45, 2.75) is 26.8 Å². The number of hydrogen-bond acceptors (Lipinski definition) is 3. The Morgan fingerprint density at radius 3 is 2.50 bits per heavy atom. The number of aryl methyl sites for hydroxylation is 1. The molecule has 3 heteroatoms. The molecule has 0 saturated carbocycles. The number of ether oxygens (including phenoxy) is 1. The minimum Gasteiger partial charge on any atom is -0.493 e. The zero-order valence-corrected chi connectivity index (χ0v) is 11.7. The second kappa shape index (κ2) is 5.02. The van der Waals surface area contributed by atoms with Gasteiger partial charge in [0.25, 0.3) is 0 Å². The van der Waals surface area contributed by atoms with Crippen molar-refractivity contribution in [2.24, 2.45) is 5.92 Å². The molecule has 2 aromatic rings. The fraction of sp³-hybridized carbons (Fsp3) is 0.467. The van der Waals surface area contributed by atoms with E-state index in [-0.39, 0.29) is 6.04 Å². The van der Waals surface area contributed by atoms with E-state index in [2.05, 4.69) is 38.2 Å². The maximum absolute atomic E-state index is 5.97. The van der Waals surface area contributed by atoms with Crippen molar-refractivity contribution in [1.29, 1.82) is 0 Å². The predicted molar refractivity (Wildman–Crippen MR) is 74.1 cm³/mol. The highest BCUT2D eigenvalue weighted by atomic mass is 16.5. The fourth-order valence-corrected chi connectivity index (χ4v) is 2.39. The molecule has 1 aromatic carbocycles. The third kappa shape index (κ3) is 2.23. The van der Waals surface area contributed by atoms with Crippen LogP contribution in [0.25, 0.3) is 11.0 Å². The smallest absolute Gasteiger partial charge is 0.176 e. The molecule has 1 aromatic heterocycles. The van der Waals surface area contributed by atoms with Crippen LogP contribution in [0.3, 0.4) is 0 Å². The first-order chi connectivity index (χ1) is 8.56. The number of furan rings is 1. The Morgan fingerprint density at radius 2 is 1.94 bits per heavy atom. The largest absolute Gasteiger partial charge is 0.493 e. The summed E-state index contributed by atoms with van der Waals surface area (Å²) in [6.45, 7) is 6.42. The van der Waals surface area contributed by atoms with Gasteiger partial charge in [-0.05, 0) is 43.7 Å². The molecule has 0 bridgehead atoms. The molecule has 0 saturated heterocycles. The number of fused-ring (bicyclic) bond motifs is 1. The molecule has 18 heavy (non-hydrogen) atoms. The molecule has 0 amide bonds. The van der Waals surface area contributed by atoms with E-state index in [9.17, 15) is 0 Å². The molecule has 0 fully saturated rings. The van der Waals surface area contributed by atoms with Gasteiger partial charge in [-0.1, -0.05) is 13.8 Å². The summed E-state index contributed by atoms with van der Waals surface area (Å²) in [7, 11) is 3.63. The lowest BCUT2D eigenvalue weighted by atomic mass is 10.0. The predicted octanol–water partition coefficient (Wildman–Crippen LogP) is 3.67. The molecule has 0 spiro atoms. The number of methoxy groups -OCH3 is 1. The molecular formula is C15H21NO2. The van der Waals surface area contributed by atoms with Crippen LogP contribution in [0.4, 0.5) is 0 Å². The zero-order valence-electron chi connectivity index (χ0n) is 11.7. The summed E-state index contributed by atoms with van der Waals surface area (Å²) in [6, 6.07) is 6.45. The average Bonchev–Trinajstić information content (AvgIpc) is 2.71. The van der Waals surface area contributed by atoms with Crippen LogP contribution in [-0.4, -0.2) is 14.2 Å². The van der Waals surface area contributed by atoms with Gasteiger partial charge in [0.2, 0.25) is 0 Å². The molecule has 1 heterocycles. The van der Waals surface area contributed by atoms with Gasteiger partial charge in [-0.3, -0.25) is 0 Å². The Labute approximate surface area is 108 Å². The molecule has 0 aliphatic heterocycles. The van der Waals surface area contributed by atoms with Crippen molar-refractivity contribution in [1.82, 2.24) is 5.32 Å². The third-order valence-corrected chi connectivity index (χ3v) is 3.25. The Balaban J connectivity index is 2.55. The van der Waals surface area contributed by atoms with Gasteiger partial charge in [-0.15, -0.1) is 0 Å². The van der Waals surface area contributed by atoms with Gasteiger partial charge in [0, 0.05) is 5.39 Å². The van der Waals surface area contributed by atoms with Crippen molar-refractivity contribution in [2.75, 3.05) is 14.2 Å². The Kier molecular flexibility index (Phi) is 3.62. The topological polar surface area (TPSA) is 34.4 Å². The minimum absolute atomic E-state index is 0.224. The van der Waals surface area contributed by atoms with Crippen LogP contribution in [0.1, 0.15) is 31.2 Å². The third-order valence-electron chi connectivity index (χ3n) is 3.25. The lowest BCUT2D eigenvalue weighted by Crippen LogP contribution is -2.20. The number of benzene rings is 1. The fourth-order valence-electron chi connectivity index (χ4n) is 2.39. The van der Waals surface area contributed by atoms with Gasteiger partial charge in [0.05, 0.1) is 13.2 Å². The van der Waals surface area contributed by atoms with Gasteiger partial charge >= 0.3 is 0 Å². The Bertz CT molecular complexity index is 543. The molecule has 1 N–H and O–H groups in total. The van der Waals surface area contributed by atoms with Crippen LogP contribution in [0, 0.1) is 12.8 Å². The van der Waals surface area contributed by atoms with E-state index in [0.29, 0.717) is 5.92 Å². The van der Waals surface area contributed by atoms with Crippen molar-refractivity contribution in [3.05, 3.63) is 29.5 Å². The van der Waals surface area contributed by atoms with E-state index in [1.807, 2.05) is 13.1 Å². The van der Waals surface area contributed by atoms with Gasteiger partial charge in [-0.2, -0.15) is 0 Å². The van der Waals surface area contributed by atoms with Crippen molar-refractivity contribution >= 4 is 11.0 Å². The first-order valence-corrected chi connectivity index (χ1v) is 6.32. The van der Waals surface area contributed by atoms with Crippen LogP contribution in [-0.2, 0) is 0 Å². The summed E-state index contributed by atoms with van der Waals surface area (Å²) in [5, 5.41) is 4.40. The van der Waals surface area contributed by atoms with Gasteiger partial charge in [-0.25, -0.2) is 0 Å². The second-order valence-electron chi connectivity index (χ2n) is 5.04. The van der Waals surface area contributed by atoms with E-state index in [0.717, 1.165) is 22.5 Å². The summed E-state index contributed by atoms with van der Waals surface area (Å²) in [5.74, 6) is 2.24. The van der Waals surface area contributed by atoms with Crippen LogP contribution >= 0.6 is 0 Å². The van der Waals surface area contributed by atoms with Crippen LogP contribution < -0.4 is 10.1 Å².